The number of nitrogens with two attached hydrogens (primary N) is 4. The number of benzene rings is 4. The quantitative estimate of drug-likeness (QED) is 0.0149. The van der Waals surface area contributed by atoms with Crippen molar-refractivity contribution in [2.24, 2.45) is 34.8 Å². The molecule has 25 N–H and O–H groups in total. The Kier molecular flexibility index (Phi) is 28.1. The molecule has 0 fully saturated rings. The number of fused-ring (bicyclic) bond motifs is 4. The third-order valence-electron chi connectivity index (χ3n) is 18.5. The maximum absolute atomic E-state index is 15.4. The first-order chi connectivity index (χ1) is 49.4. The number of para-hydroxylation sites is 4. The van der Waals surface area contributed by atoms with Crippen molar-refractivity contribution >= 4 is 109 Å². The molecule has 0 aliphatic carbocycles. The van der Waals surface area contributed by atoms with Crippen molar-refractivity contribution in [2.45, 2.75) is 159 Å². The second kappa shape index (κ2) is 37.4. The molecule has 8 aromatic rings. The normalized spacial score (nSPS) is 14.4. The highest BCUT2D eigenvalue weighted by molar-refractivity contribution is 6.00. The van der Waals surface area contributed by atoms with E-state index in [1.807, 2.05) is 98.8 Å². The van der Waals surface area contributed by atoms with E-state index in [0.717, 1.165) is 32.7 Å². The summed E-state index contributed by atoms with van der Waals surface area (Å²) in [7, 11) is 0. The van der Waals surface area contributed by atoms with E-state index >= 15 is 24.0 Å². The van der Waals surface area contributed by atoms with Crippen LogP contribution < -0.4 is 76.1 Å². The lowest BCUT2D eigenvalue weighted by atomic mass is 9.97. The molecule has 8 amide bonds. The lowest BCUT2D eigenvalue weighted by Gasteiger charge is -2.28. The Morgan fingerprint density at radius 3 is 0.990 bits per heavy atom. The third kappa shape index (κ3) is 21.6. The highest BCUT2D eigenvalue weighted by Crippen LogP contribution is 2.25. The fourth-order valence-electron chi connectivity index (χ4n) is 12.5. The Balaban J connectivity index is 1.10. The van der Waals surface area contributed by atoms with Gasteiger partial charge in [-0.1, -0.05) is 107 Å². The van der Waals surface area contributed by atoms with E-state index in [2.05, 4.69) is 73.1 Å². The van der Waals surface area contributed by atoms with Crippen molar-refractivity contribution in [3.8, 4) is 0 Å². The molecule has 0 spiro atoms. The number of carboxylic acids is 1. The average Bonchev–Trinajstić information content (AvgIpc) is 1.72. The number of carboxylic acid groups (broad SMARTS) is 1. The van der Waals surface area contributed by atoms with Gasteiger partial charge in [0.1, 0.15) is 48.3 Å². The number of nitrogens with one attached hydrogen (secondary N) is 16. The van der Waals surface area contributed by atoms with Crippen molar-refractivity contribution in [1.29, 1.82) is 10.8 Å². The Morgan fingerprint density at radius 2 is 0.699 bits per heavy atom. The summed E-state index contributed by atoms with van der Waals surface area (Å²) in [6.45, 7) is 7.33. The third-order valence-corrected chi connectivity index (χ3v) is 18.5. The van der Waals surface area contributed by atoms with Crippen LogP contribution in [0, 0.1) is 22.7 Å². The van der Waals surface area contributed by atoms with Crippen molar-refractivity contribution in [1.82, 2.24) is 73.1 Å². The highest BCUT2D eigenvalue weighted by Gasteiger charge is 2.37. The first-order valence-corrected chi connectivity index (χ1v) is 34.9. The molecule has 8 rings (SSSR count). The molecule has 0 radical (unpaired) electrons. The van der Waals surface area contributed by atoms with Gasteiger partial charge in [0.15, 0.2) is 11.9 Å². The van der Waals surface area contributed by atoms with Gasteiger partial charge in [0.05, 0.1) is 6.04 Å². The number of guanidine groups is 2. The molecular weight excluding hydrogens is 1320 g/mol. The Hall–Kier alpha value is -11.3. The summed E-state index contributed by atoms with van der Waals surface area (Å²) in [5, 5.41) is 56.6. The standard InChI is InChI=1S/C73H98N20O10/c1-5-41(4)61(75)70(101)92-59(34-44-38-84-52-24-12-8-20-48(44)52)68(99)91-58(33-43-37-83-51-23-11-7-19-47(43)51)67(98)87-54(26-14-15-29-74)64(95)89-57(32-42-36-82-50-22-10-6-18-46(42)50)66(97)88-55(27-16-30-80-72(76)77)63(94)86-56(28-17-31-81-73(78)79)65(96)90-60(69(100)93-62(40(2)3)71(102)103)35-45-39-85-53-25-13-9-21-49(45)53/h6-13,18-25,36-41,54-62,82-85H,5,14-17,26-35,74-75H2,1-4H3,(H,86,94)(H,87,98)(H,88,97)(H,89,95)(H,90,96)(H,91,99)(H,92,101)(H,93,100)(H,102,103)(H4,76,77,80)(H4,78,79,81)/t41-,54-,55-,56-,57-,58-,59-,60-,61-,62-/m0/s1. The number of hydrogen-bond acceptors (Lipinski definition) is 13. The first kappa shape index (κ1) is 77.5. The van der Waals surface area contributed by atoms with E-state index in [-0.39, 0.29) is 95.3 Å². The molecule has 0 bridgehead atoms. The SMILES string of the molecule is CC[C@H](C)[C@H](N)C(=O)N[C@@H](Cc1c[nH]c2ccccc12)C(=O)N[C@@H](Cc1c[nH]c2ccccc12)C(=O)N[C@@H](CCCCN)C(=O)N[C@@H](Cc1c[nH]c2ccccc12)C(=O)N[C@@H](CCCNC(=N)N)C(=O)N[C@@H](CCCNC(=N)N)C(=O)N[C@@H](Cc1c[nH]c2ccccc12)C(=O)N[C@H](C(=O)O)C(C)C. The molecule has 0 aliphatic rings. The largest absolute Gasteiger partial charge is 0.480 e. The van der Waals surface area contributed by atoms with Crippen LogP contribution in [0.15, 0.2) is 122 Å². The van der Waals surface area contributed by atoms with Crippen molar-refractivity contribution in [3.63, 3.8) is 0 Å². The molecule has 0 unspecified atom stereocenters. The van der Waals surface area contributed by atoms with Crippen molar-refractivity contribution in [2.75, 3.05) is 19.6 Å². The Labute approximate surface area is 596 Å². The van der Waals surface area contributed by atoms with Crippen LogP contribution >= 0.6 is 0 Å². The molecule has 550 valence electrons. The molecule has 30 heteroatoms. The minimum atomic E-state index is -1.50. The number of aromatic nitrogens is 4. The van der Waals surface area contributed by atoms with Crippen molar-refractivity contribution in [3.05, 3.63) is 144 Å². The van der Waals surface area contributed by atoms with Gasteiger partial charge in [-0.15, -0.1) is 0 Å². The lowest BCUT2D eigenvalue weighted by Crippen LogP contribution is -2.61. The summed E-state index contributed by atoms with van der Waals surface area (Å²) in [6.07, 6.45) is 7.73. The van der Waals surface area contributed by atoms with Crippen LogP contribution in [0.2, 0.25) is 0 Å². The number of carbonyl (C=O) groups excluding carboxylic acids is 8. The maximum Gasteiger partial charge on any atom is 0.326 e. The fourth-order valence-corrected chi connectivity index (χ4v) is 12.5. The van der Waals surface area contributed by atoms with Crippen LogP contribution in [0.4, 0.5) is 0 Å². The van der Waals surface area contributed by atoms with Crippen LogP contribution in [0.25, 0.3) is 43.6 Å². The first-order valence-electron chi connectivity index (χ1n) is 34.9. The molecule has 0 aliphatic heterocycles. The Bertz CT molecular complexity index is 4270. The number of aromatic amines is 4. The molecule has 30 nitrogen and oxygen atoms in total. The van der Waals surface area contributed by atoms with E-state index < -0.39 is 114 Å². The van der Waals surface area contributed by atoms with Gasteiger partial charge in [0.25, 0.3) is 0 Å². The van der Waals surface area contributed by atoms with Gasteiger partial charge in [-0.05, 0) is 110 Å². The second-order valence-electron chi connectivity index (χ2n) is 26.4. The number of hydrogen-bond donors (Lipinski definition) is 21. The number of rotatable bonds is 40. The fraction of sp³-hybridized carbons (Fsp3) is 0.411. The molecule has 10 atom stereocenters. The smallest absolute Gasteiger partial charge is 0.326 e. The number of H-pyrrole nitrogens is 4. The van der Waals surface area contributed by atoms with Gasteiger partial charge in [-0.25, -0.2) is 4.79 Å². The van der Waals surface area contributed by atoms with Crippen LogP contribution in [-0.4, -0.2) is 164 Å². The summed E-state index contributed by atoms with van der Waals surface area (Å²) in [5.41, 5.74) is 29.3. The molecule has 103 heavy (non-hydrogen) atoms. The zero-order chi connectivity index (χ0) is 74.3. The molecule has 0 saturated heterocycles. The van der Waals surface area contributed by atoms with Gasteiger partial charge in [-0.3, -0.25) is 49.2 Å². The lowest BCUT2D eigenvalue weighted by molar-refractivity contribution is -0.143. The van der Waals surface area contributed by atoms with Gasteiger partial charge in [0, 0.05) is 107 Å². The maximum atomic E-state index is 15.4. The average molecular weight is 1420 g/mol. The number of unbranched alkanes of at least 4 members (excludes halogenated alkanes) is 1. The van der Waals surface area contributed by atoms with Crippen LogP contribution in [0.5, 0.6) is 0 Å². The molecule has 4 heterocycles. The van der Waals surface area contributed by atoms with E-state index in [9.17, 15) is 24.3 Å². The molecule has 4 aromatic carbocycles. The van der Waals surface area contributed by atoms with Gasteiger partial charge < -0.3 is 101 Å². The topological polar surface area (TPSA) is 509 Å². The van der Waals surface area contributed by atoms with E-state index in [0.29, 0.717) is 52.4 Å². The minimum absolute atomic E-state index is 0.00156. The van der Waals surface area contributed by atoms with Crippen LogP contribution in [-0.2, 0) is 68.8 Å². The summed E-state index contributed by atoms with van der Waals surface area (Å²) in [6, 6.07) is 17.3. The molecule has 0 saturated carbocycles. The van der Waals surface area contributed by atoms with Crippen LogP contribution in [0.3, 0.4) is 0 Å². The summed E-state index contributed by atoms with van der Waals surface area (Å²) < 4.78 is 0. The summed E-state index contributed by atoms with van der Waals surface area (Å²) >= 11 is 0. The zero-order valence-electron chi connectivity index (χ0n) is 58.4. The second-order valence-corrected chi connectivity index (χ2v) is 26.4. The number of carbonyl (C=O) groups is 9. The zero-order valence-corrected chi connectivity index (χ0v) is 58.4. The van der Waals surface area contributed by atoms with Gasteiger partial charge in [-0.2, -0.15) is 0 Å². The highest BCUT2D eigenvalue weighted by atomic mass is 16.4. The predicted octanol–water partition coefficient (Wildman–Crippen LogP) is 2.53. The van der Waals surface area contributed by atoms with E-state index in [1.165, 1.54) is 0 Å². The van der Waals surface area contributed by atoms with Crippen molar-refractivity contribution < 1.29 is 48.3 Å². The van der Waals surface area contributed by atoms with Gasteiger partial charge in [0.2, 0.25) is 47.3 Å². The Morgan fingerprint density at radius 1 is 0.417 bits per heavy atom. The van der Waals surface area contributed by atoms with E-state index in [1.54, 1.807) is 50.8 Å². The predicted molar refractivity (Wildman–Crippen MR) is 395 cm³/mol. The minimum Gasteiger partial charge on any atom is -0.480 e. The van der Waals surface area contributed by atoms with Gasteiger partial charge >= 0.3 is 5.97 Å². The summed E-state index contributed by atoms with van der Waals surface area (Å²) in [4.78, 5) is 144. The number of amides is 8. The van der Waals surface area contributed by atoms with E-state index in [4.69, 9.17) is 33.8 Å². The molecule has 4 aromatic heterocycles. The monoisotopic (exact) mass is 1410 g/mol. The van der Waals surface area contributed by atoms with Crippen LogP contribution in [0.1, 0.15) is 101 Å². The molecular formula is C73H98N20O10. The number of aliphatic carboxylic acids is 1. The summed E-state index contributed by atoms with van der Waals surface area (Å²) in [5.74, 6) is -9.14.